The molecule has 3 aromatic rings. The molecular formula is C22H26Cl2N2O. The van der Waals surface area contributed by atoms with Crippen LogP contribution < -0.4 is 0 Å². The van der Waals surface area contributed by atoms with Crippen molar-refractivity contribution < 1.29 is 5.11 Å². The number of benzene rings is 2. The van der Waals surface area contributed by atoms with E-state index in [1.807, 2.05) is 36.4 Å². The molecule has 1 aromatic heterocycles. The van der Waals surface area contributed by atoms with Crippen molar-refractivity contribution in [3.05, 3.63) is 46.4 Å². The van der Waals surface area contributed by atoms with Crippen LogP contribution in [0.25, 0.3) is 21.8 Å². The van der Waals surface area contributed by atoms with Gasteiger partial charge in [-0.05, 0) is 63.1 Å². The molecule has 1 fully saturated rings. The van der Waals surface area contributed by atoms with Gasteiger partial charge < -0.3 is 9.67 Å². The van der Waals surface area contributed by atoms with E-state index in [-0.39, 0.29) is 0 Å². The Hall–Kier alpha value is -1.26. The largest absolute Gasteiger partial charge is 0.390 e. The summed E-state index contributed by atoms with van der Waals surface area (Å²) in [6.07, 6.45) is 3.27. The van der Waals surface area contributed by atoms with Crippen molar-refractivity contribution in [2.45, 2.75) is 57.8 Å². The fourth-order valence-electron chi connectivity index (χ4n) is 4.59. The summed E-state index contributed by atoms with van der Waals surface area (Å²) < 4.78 is 2.20. The fourth-order valence-corrected chi connectivity index (χ4v) is 4.94. The lowest BCUT2D eigenvalue weighted by atomic mass is 9.97. The Kier molecular flexibility index (Phi) is 5.39. The molecule has 144 valence electrons. The molecular weight excluding hydrogens is 379 g/mol. The Balaban J connectivity index is 1.68. The normalized spacial score (nSPS) is 22.6. The topological polar surface area (TPSA) is 28.4 Å². The number of fused-ring (bicyclic) bond motifs is 3. The van der Waals surface area contributed by atoms with Gasteiger partial charge in [0.05, 0.1) is 12.6 Å². The SMILES string of the molecule is C[C@H]1CCC[C@H](C)N1C[C@H](O)Cn1c2ccc(Cl)cc2c2cc(Cl)ccc21. The summed E-state index contributed by atoms with van der Waals surface area (Å²) in [6.45, 7) is 5.80. The molecule has 0 amide bonds. The van der Waals surface area contributed by atoms with Crippen LogP contribution in [0.5, 0.6) is 0 Å². The van der Waals surface area contributed by atoms with E-state index < -0.39 is 6.10 Å². The number of β-amino-alcohol motifs (C(OH)–C–C–N with tert-alkyl or cyclic N) is 1. The predicted octanol–water partition coefficient (Wildman–Crippen LogP) is 5.73. The second-order valence-corrected chi connectivity index (χ2v) is 8.79. The van der Waals surface area contributed by atoms with E-state index in [9.17, 15) is 5.11 Å². The Labute approximate surface area is 170 Å². The number of piperidine rings is 1. The first-order valence-corrected chi connectivity index (χ1v) is 10.5. The van der Waals surface area contributed by atoms with E-state index in [2.05, 4.69) is 23.3 Å². The summed E-state index contributed by atoms with van der Waals surface area (Å²) in [5.41, 5.74) is 2.16. The third-order valence-electron chi connectivity index (χ3n) is 5.98. The van der Waals surface area contributed by atoms with Crippen LogP contribution in [0.15, 0.2) is 36.4 Å². The summed E-state index contributed by atoms with van der Waals surface area (Å²) in [6, 6.07) is 12.9. The number of aliphatic hydroxyl groups excluding tert-OH is 1. The zero-order valence-electron chi connectivity index (χ0n) is 15.8. The van der Waals surface area contributed by atoms with Gasteiger partial charge in [0, 0.05) is 50.5 Å². The maximum Gasteiger partial charge on any atom is 0.0846 e. The van der Waals surface area contributed by atoms with Gasteiger partial charge >= 0.3 is 0 Å². The van der Waals surface area contributed by atoms with Crippen molar-refractivity contribution in [1.29, 1.82) is 0 Å². The molecule has 1 saturated heterocycles. The fraction of sp³-hybridized carbons (Fsp3) is 0.455. The number of aliphatic hydroxyl groups is 1. The first kappa shape index (κ1) is 19.1. The van der Waals surface area contributed by atoms with E-state index in [1.165, 1.54) is 19.3 Å². The highest BCUT2D eigenvalue weighted by Gasteiger charge is 2.27. The highest BCUT2D eigenvalue weighted by Crippen LogP contribution is 2.33. The highest BCUT2D eigenvalue weighted by molar-refractivity contribution is 6.33. The molecule has 3 atom stereocenters. The molecule has 2 heterocycles. The summed E-state index contributed by atoms with van der Waals surface area (Å²) >= 11 is 12.5. The van der Waals surface area contributed by atoms with Gasteiger partial charge in [-0.25, -0.2) is 0 Å². The number of likely N-dealkylation sites (tertiary alicyclic amines) is 1. The molecule has 0 radical (unpaired) electrons. The number of rotatable bonds is 4. The lowest BCUT2D eigenvalue weighted by Gasteiger charge is -2.40. The standard InChI is InChI=1S/C22H26Cl2N2O/c1-14-4-3-5-15(2)25(14)12-18(27)13-26-21-8-6-16(23)10-19(21)20-11-17(24)7-9-22(20)26/h6-11,14-15,18,27H,3-5,12-13H2,1-2H3/t14-,15-,18-/m0/s1. The van der Waals surface area contributed by atoms with Crippen LogP contribution in [-0.2, 0) is 6.54 Å². The van der Waals surface area contributed by atoms with Crippen LogP contribution in [-0.4, -0.2) is 39.3 Å². The van der Waals surface area contributed by atoms with Gasteiger partial charge in [-0.15, -0.1) is 0 Å². The van der Waals surface area contributed by atoms with E-state index in [4.69, 9.17) is 23.2 Å². The zero-order chi connectivity index (χ0) is 19.1. The number of halogens is 2. The molecule has 1 aliphatic heterocycles. The number of hydrogen-bond donors (Lipinski definition) is 1. The van der Waals surface area contributed by atoms with Crippen LogP contribution in [0.1, 0.15) is 33.1 Å². The Morgan fingerprint density at radius 1 is 0.926 bits per heavy atom. The molecule has 1 aliphatic rings. The second kappa shape index (κ2) is 7.63. The van der Waals surface area contributed by atoms with Gasteiger partial charge in [0.2, 0.25) is 0 Å². The predicted molar refractivity (Wildman–Crippen MR) is 115 cm³/mol. The van der Waals surface area contributed by atoms with E-state index >= 15 is 0 Å². The minimum Gasteiger partial charge on any atom is -0.390 e. The molecule has 1 N–H and O–H groups in total. The van der Waals surface area contributed by atoms with Crippen molar-refractivity contribution in [2.75, 3.05) is 6.54 Å². The maximum absolute atomic E-state index is 10.9. The highest BCUT2D eigenvalue weighted by atomic mass is 35.5. The molecule has 4 rings (SSSR count). The van der Waals surface area contributed by atoms with Crippen LogP contribution in [0.2, 0.25) is 10.0 Å². The average molecular weight is 405 g/mol. The van der Waals surface area contributed by atoms with Crippen molar-refractivity contribution in [1.82, 2.24) is 9.47 Å². The molecule has 0 unspecified atom stereocenters. The molecule has 27 heavy (non-hydrogen) atoms. The Morgan fingerprint density at radius 3 is 1.96 bits per heavy atom. The molecule has 2 aromatic carbocycles. The van der Waals surface area contributed by atoms with Crippen molar-refractivity contribution in [3.63, 3.8) is 0 Å². The Morgan fingerprint density at radius 2 is 1.44 bits per heavy atom. The summed E-state index contributed by atoms with van der Waals surface area (Å²) in [5, 5.41) is 14.5. The van der Waals surface area contributed by atoms with E-state index in [1.54, 1.807) is 0 Å². The lowest BCUT2D eigenvalue weighted by Crippen LogP contribution is -2.48. The third kappa shape index (κ3) is 3.71. The van der Waals surface area contributed by atoms with Gasteiger partial charge in [0.25, 0.3) is 0 Å². The molecule has 0 aliphatic carbocycles. The van der Waals surface area contributed by atoms with Crippen LogP contribution in [0.3, 0.4) is 0 Å². The monoisotopic (exact) mass is 404 g/mol. The van der Waals surface area contributed by atoms with Gasteiger partial charge in [-0.2, -0.15) is 0 Å². The quantitative estimate of drug-likeness (QED) is 0.601. The van der Waals surface area contributed by atoms with Gasteiger partial charge in [-0.1, -0.05) is 29.6 Å². The number of hydrogen-bond acceptors (Lipinski definition) is 2. The van der Waals surface area contributed by atoms with Crippen molar-refractivity contribution in [2.24, 2.45) is 0 Å². The first-order valence-electron chi connectivity index (χ1n) is 9.75. The van der Waals surface area contributed by atoms with Crippen LogP contribution >= 0.6 is 23.2 Å². The van der Waals surface area contributed by atoms with Crippen LogP contribution in [0, 0.1) is 0 Å². The van der Waals surface area contributed by atoms with Crippen molar-refractivity contribution in [3.8, 4) is 0 Å². The third-order valence-corrected chi connectivity index (χ3v) is 6.45. The van der Waals surface area contributed by atoms with E-state index in [0.717, 1.165) is 21.8 Å². The second-order valence-electron chi connectivity index (χ2n) is 7.91. The summed E-state index contributed by atoms with van der Waals surface area (Å²) in [4.78, 5) is 2.45. The number of aromatic nitrogens is 1. The first-order chi connectivity index (χ1) is 12.9. The van der Waals surface area contributed by atoms with Crippen LogP contribution in [0.4, 0.5) is 0 Å². The van der Waals surface area contributed by atoms with E-state index in [0.29, 0.717) is 35.2 Å². The van der Waals surface area contributed by atoms with Gasteiger partial charge in [0.1, 0.15) is 0 Å². The Bertz CT molecular complexity index is 899. The summed E-state index contributed by atoms with van der Waals surface area (Å²) in [5.74, 6) is 0. The molecule has 0 spiro atoms. The molecule has 5 heteroatoms. The van der Waals surface area contributed by atoms with Gasteiger partial charge in [0.15, 0.2) is 0 Å². The minimum atomic E-state index is -0.432. The maximum atomic E-state index is 10.9. The average Bonchev–Trinajstić information content (AvgIpc) is 2.91. The molecule has 0 saturated carbocycles. The number of nitrogens with zero attached hydrogens (tertiary/aromatic N) is 2. The molecule has 3 nitrogen and oxygen atoms in total. The minimum absolute atomic E-state index is 0.432. The summed E-state index contributed by atoms with van der Waals surface area (Å²) in [7, 11) is 0. The van der Waals surface area contributed by atoms with Crippen molar-refractivity contribution >= 4 is 45.0 Å². The lowest BCUT2D eigenvalue weighted by molar-refractivity contribution is 0.0357. The smallest absolute Gasteiger partial charge is 0.0846 e. The van der Waals surface area contributed by atoms with Gasteiger partial charge in [-0.3, -0.25) is 4.90 Å². The molecule has 0 bridgehead atoms. The zero-order valence-corrected chi connectivity index (χ0v) is 17.3.